The maximum Gasteiger partial charge on any atom is 0.194 e. The predicted octanol–water partition coefficient (Wildman–Crippen LogP) is 3.51. The fourth-order valence-corrected chi connectivity index (χ4v) is 5.84. The lowest BCUT2D eigenvalue weighted by atomic mass is 9.95. The molecule has 0 aliphatic carbocycles. The van der Waals surface area contributed by atoms with Crippen LogP contribution in [0.3, 0.4) is 0 Å². The van der Waals surface area contributed by atoms with E-state index in [9.17, 15) is 23.5 Å². The number of nitrogens with zero attached hydrogens (tertiary/aromatic N) is 5. The third kappa shape index (κ3) is 4.93. The molecule has 3 aromatic rings. The molecule has 4 unspecified atom stereocenters. The monoisotopic (exact) mass is 553 g/mol. The van der Waals surface area contributed by atoms with Crippen LogP contribution in [0.4, 0.5) is 13.2 Å². The average Bonchev–Trinajstić information content (AvgIpc) is 3.50. The Morgan fingerprint density at radius 1 is 1.27 bits per heavy atom. The van der Waals surface area contributed by atoms with E-state index in [2.05, 4.69) is 15.3 Å². The molecule has 14 heteroatoms. The zero-order chi connectivity index (χ0) is 26.3. The molecule has 4 heterocycles. The van der Waals surface area contributed by atoms with Gasteiger partial charge in [0, 0.05) is 23.3 Å². The van der Waals surface area contributed by atoms with Gasteiger partial charge in [0.15, 0.2) is 23.1 Å². The number of benzene rings is 1. The lowest BCUT2D eigenvalue weighted by Gasteiger charge is -2.43. The molecule has 0 bridgehead atoms. The van der Waals surface area contributed by atoms with Crippen molar-refractivity contribution in [1.82, 2.24) is 20.0 Å². The molecule has 1 N–H and O–H groups in total. The van der Waals surface area contributed by atoms with Gasteiger partial charge in [-0.2, -0.15) is 5.26 Å². The minimum absolute atomic E-state index is 0.000169. The quantitative estimate of drug-likeness (QED) is 0.458. The van der Waals surface area contributed by atoms with Gasteiger partial charge in [-0.1, -0.05) is 28.6 Å². The second-order valence-corrected chi connectivity index (χ2v) is 9.89. The molecule has 2 aromatic heterocycles. The maximum absolute atomic E-state index is 13.8. The number of nitriles is 1. The first-order valence-electron chi connectivity index (χ1n) is 11.2. The van der Waals surface area contributed by atoms with Crippen LogP contribution >= 0.6 is 23.4 Å². The van der Waals surface area contributed by atoms with Crippen molar-refractivity contribution in [3.05, 3.63) is 58.8 Å². The number of halogens is 4. The van der Waals surface area contributed by atoms with Gasteiger partial charge in [0.1, 0.15) is 47.7 Å². The number of aliphatic hydroxyl groups is 1. The first-order chi connectivity index (χ1) is 17.8. The maximum atomic E-state index is 13.8. The molecule has 6 atom stereocenters. The number of aromatic nitrogens is 4. The molecular weight excluding hydrogens is 535 g/mol. The van der Waals surface area contributed by atoms with Gasteiger partial charge >= 0.3 is 0 Å². The molecule has 194 valence electrons. The minimum Gasteiger partial charge on any atom is -0.388 e. The van der Waals surface area contributed by atoms with Crippen molar-refractivity contribution in [2.75, 3.05) is 13.2 Å². The summed E-state index contributed by atoms with van der Waals surface area (Å²) in [6, 6.07) is 4.55. The Morgan fingerprint density at radius 2 is 2.03 bits per heavy atom. The molecule has 0 amide bonds. The molecular formula is C23H19ClF3N5O4S. The fraction of sp³-hybridized carbons (Fsp3) is 0.391. The van der Waals surface area contributed by atoms with Crippen LogP contribution in [-0.4, -0.2) is 68.2 Å². The molecule has 0 saturated carbocycles. The zero-order valence-corrected chi connectivity index (χ0v) is 20.7. The third-order valence-electron chi connectivity index (χ3n) is 6.02. The van der Waals surface area contributed by atoms with E-state index in [1.54, 1.807) is 13.0 Å². The Kier molecular flexibility index (Phi) is 7.39. The van der Waals surface area contributed by atoms with Crippen molar-refractivity contribution in [2.24, 2.45) is 0 Å². The summed E-state index contributed by atoms with van der Waals surface area (Å²) >= 11 is 7.25. The summed E-state index contributed by atoms with van der Waals surface area (Å²) in [5.74, 6) is -4.30. The predicted molar refractivity (Wildman–Crippen MR) is 124 cm³/mol. The number of ether oxygens (including phenoxy) is 3. The summed E-state index contributed by atoms with van der Waals surface area (Å²) in [5.41, 5.74) is -0.548. The number of thioether (sulfide) groups is 1. The molecule has 2 aliphatic heterocycles. The fourth-order valence-electron chi connectivity index (χ4n) is 4.40. The molecule has 9 nitrogen and oxygen atoms in total. The minimum atomic E-state index is -1.58. The summed E-state index contributed by atoms with van der Waals surface area (Å²) in [7, 11) is 0. The SMILES string of the molecule is CCOC1C(n2cc(-c3cc(F)c(F)c(F)c3)nn2)[C@H]2OCC(O)C2O[C@@H]1Sc1cc(Cl)cnc1C#N. The van der Waals surface area contributed by atoms with Crippen LogP contribution in [0.2, 0.25) is 5.02 Å². The van der Waals surface area contributed by atoms with E-state index in [0.717, 1.165) is 23.9 Å². The number of hydrogen-bond acceptors (Lipinski definition) is 9. The molecule has 2 fully saturated rings. The average molecular weight is 554 g/mol. The highest BCUT2D eigenvalue weighted by Gasteiger charge is 2.54. The summed E-state index contributed by atoms with van der Waals surface area (Å²) < 4.78 is 60.6. The zero-order valence-electron chi connectivity index (χ0n) is 19.1. The summed E-state index contributed by atoms with van der Waals surface area (Å²) in [6.07, 6.45) is -0.365. The van der Waals surface area contributed by atoms with Gasteiger partial charge < -0.3 is 19.3 Å². The smallest absolute Gasteiger partial charge is 0.194 e. The van der Waals surface area contributed by atoms with Crippen LogP contribution in [0.1, 0.15) is 18.7 Å². The number of fused-ring (bicyclic) bond motifs is 1. The van der Waals surface area contributed by atoms with Crippen LogP contribution in [-0.2, 0) is 14.2 Å². The second-order valence-electron chi connectivity index (χ2n) is 8.31. The highest BCUT2D eigenvalue weighted by molar-refractivity contribution is 7.99. The van der Waals surface area contributed by atoms with Gasteiger partial charge in [0.25, 0.3) is 0 Å². The second kappa shape index (κ2) is 10.6. The van der Waals surface area contributed by atoms with E-state index < -0.39 is 53.3 Å². The van der Waals surface area contributed by atoms with E-state index in [1.807, 2.05) is 6.07 Å². The first-order valence-corrected chi connectivity index (χ1v) is 12.4. The van der Waals surface area contributed by atoms with E-state index in [1.165, 1.54) is 17.1 Å². The van der Waals surface area contributed by atoms with Crippen molar-refractivity contribution in [3.8, 4) is 17.3 Å². The van der Waals surface area contributed by atoms with Crippen LogP contribution in [0, 0.1) is 28.8 Å². The molecule has 2 aliphatic rings. The van der Waals surface area contributed by atoms with Gasteiger partial charge in [-0.05, 0) is 25.1 Å². The van der Waals surface area contributed by atoms with Crippen molar-refractivity contribution in [2.45, 2.75) is 47.7 Å². The lowest BCUT2D eigenvalue weighted by molar-refractivity contribution is -0.176. The molecule has 0 radical (unpaired) electrons. The van der Waals surface area contributed by atoms with Gasteiger partial charge in [-0.3, -0.25) is 0 Å². The van der Waals surface area contributed by atoms with Crippen molar-refractivity contribution in [1.29, 1.82) is 5.26 Å². The van der Waals surface area contributed by atoms with E-state index in [0.29, 0.717) is 9.92 Å². The highest BCUT2D eigenvalue weighted by atomic mass is 35.5. The van der Waals surface area contributed by atoms with E-state index in [-0.39, 0.29) is 30.2 Å². The van der Waals surface area contributed by atoms with Crippen LogP contribution in [0.5, 0.6) is 0 Å². The standard InChI is InChI=1S/C23H19ClF3N5O4S/c1-2-34-22-19(32-8-15(30-31-32)10-3-12(25)18(27)13(26)4-10)21-20(16(33)9-35-21)36-23(22)37-17-5-11(24)7-29-14(17)6-28/h3-5,7-8,16,19-23,33H,2,9H2,1H3/t16?,19?,20?,21-,22?,23-/m1/s1. The molecule has 5 rings (SSSR count). The van der Waals surface area contributed by atoms with Gasteiger partial charge in [-0.15, -0.1) is 5.10 Å². The third-order valence-corrected chi connectivity index (χ3v) is 7.40. The lowest BCUT2D eigenvalue weighted by Crippen LogP contribution is -2.55. The normalized spacial score (nSPS) is 27.2. The molecule has 37 heavy (non-hydrogen) atoms. The molecule has 1 aromatic carbocycles. The number of aliphatic hydroxyl groups excluding tert-OH is 1. The summed E-state index contributed by atoms with van der Waals surface area (Å²) in [5, 5.41) is 28.5. The summed E-state index contributed by atoms with van der Waals surface area (Å²) in [6.45, 7) is 2.06. The van der Waals surface area contributed by atoms with Gasteiger partial charge in [0.2, 0.25) is 0 Å². The highest BCUT2D eigenvalue weighted by Crippen LogP contribution is 2.44. The number of rotatable bonds is 6. The van der Waals surface area contributed by atoms with Crippen LogP contribution < -0.4 is 0 Å². The Morgan fingerprint density at radius 3 is 2.73 bits per heavy atom. The van der Waals surface area contributed by atoms with Gasteiger partial charge in [0.05, 0.1) is 17.8 Å². The van der Waals surface area contributed by atoms with Crippen LogP contribution in [0.15, 0.2) is 35.5 Å². The Balaban J connectivity index is 1.53. The van der Waals surface area contributed by atoms with Crippen molar-refractivity contribution >= 4 is 23.4 Å². The Hall–Kier alpha value is -2.73. The van der Waals surface area contributed by atoms with Crippen LogP contribution in [0.25, 0.3) is 11.3 Å². The van der Waals surface area contributed by atoms with E-state index >= 15 is 0 Å². The summed E-state index contributed by atoms with van der Waals surface area (Å²) in [4.78, 5) is 4.50. The number of hydrogen-bond donors (Lipinski definition) is 1. The molecule has 0 spiro atoms. The Labute approximate surface area is 218 Å². The Bertz CT molecular complexity index is 1340. The molecule has 2 saturated heterocycles. The van der Waals surface area contributed by atoms with Crippen molar-refractivity contribution < 1.29 is 32.5 Å². The van der Waals surface area contributed by atoms with Gasteiger partial charge in [-0.25, -0.2) is 22.8 Å². The largest absolute Gasteiger partial charge is 0.388 e. The van der Waals surface area contributed by atoms with E-state index in [4.69, 9.17) is 25.8 Å². The van der Waals surface area contributed by atoms with Crippen molar-refractivity contribution in [3.63, 3.8) is 0 Å². The number of pyridine rings is 1. The first kappa shape index (κ1) is 25.9. The topological polar surface area (TPSA) is 115 Å².